The number of ether oxygens (including phenoxy) is 1. The zero-order chi connectivity index (χ0) is 16.8. The first-order valence-corrected chi connectivity index (χ1v) is 8.38. The standard InChI is InChI=1S/C17H15Br2NO3/c1-2-6-23-16-12(7-13(18)9-15(16)19)10-20-14-5-3-4-11(8-14)17(21)22/h2-5,7-9,20H,1,6,10H2,(H,21,22). The van der Waals surface area contributed by atoms with E-state index in [1.807, 2.05) is 18.2 Å². The van der Waals surface area contributed by atoms with Crippen molar-refractivity contribution >= 4 is 43.5 Å². The number of anilines is 1. The van der Waals surface area contributed by atoms with Gasteiger partial charge >= 0.3 is 5.97 Å². The summed E-state index contributed by atoms with van der Waals surface area (Å²) >= 11 is 6.95. The Morgan fingerprint density at radius 3 is 2.78 bits per heavy atom. The molecule has 2 N–H and O–H groups in total. The van der Waals surface area contributed by atoms with Gasteiger partial charge in [-0.3, -0.25) is 0 Å². The molecular weight excluding hydrogens is 426 g/mol. The van der Waals surface area contributed by atoms with Crippen LogP contribution in [0.1, 0.15) is 15.9 Å². The van der Waals surface area contributed by atoms with Crippen molar-refractivity contribution in [3.8, 4) is 5.75 Å². The Kier molecular flexibility index (Phi) is 6.24. The minimum absolute atomic E-state index is 0.244. The minimum Gasteiger partial charge on any atom is -0.488 e. The summed E-state index contributed by atoms with van der Waals surface area (Å²) in [6.45, 7) is 4.55. The highest BCUT2D eigenvalue weighted by atomic mass is 79.9. The predicted octanol–water partition coefficient (Wildman–Crippen LogP) is 5.09. The second-order valence-corrected chi connectivity index (χ2v) is 6.49. The van der Waals surface area contributed by atoms with Gasteiger partial charge in [0.25, 0.3) is 0 Å². The number of nitrogens with one attached hydrogen (secondary N) is 1. The van der Waals surface area contributed by atoms with Gasteiger partial charge in [0.05, 0.1) is 10.0 Å². The zero-order valence-electron chi connectivity index (χ0n) is 12.2. The van der Waals surface area contributed by atoms with Crippen molar-refractivity contribution in [2.24, 2.45) is 0 Å². The van der Waals surface area contributed by atoms with Crippen LogP contribution in [0.5, 0.6) is 5.75 Å². The van der Waals surface area contributed by atoms with E-state index in [1.165, 1.54) is 0 Å². The van der Waals surface area contributed by atoms with Crippen LogP contribution in [-0.2, 0) is 6.54 Å². The smallest absolute Gasteiger partial charge is 0.335 e. The molecule has 0 amide bonds. The van der Waals surface area contributed by atoms with Gasteiger partial charge in [-0.2, -0.15) is 0 Å². The van der Waals surface area contributed by atoms with Crippen LogP contribution >= 0.6 is 31.9 Å². The molecule has 6 heteroatoms. The normalized spacial score (nSPS) is 10.2. The molecule has 0 atom stereocenters. The van der Waals surface area contributed by atoms with Crippen LogP contribution in [0, 0.1) is 0 Å². The summed E-state index contributed by atoms with van der Waals surface area (Å²) in [5, 5.41) is 12.3. The molecule has 0 aliphatic heterocycles. The van der Waals surface area contributed by atoms with Crippen molar-refractivity contribution in [3.63, 3.8) is 0 Å². The minimum atomic E-state index is -0.950. The summed E-state index contributed by atoms with van der Waals surface area (Å²) in [4.78, 5) is 11.0. The van der Waals surface area contributed by atoms with Gasteiger partial charge in [0.2, 0.25) is 0 Å². The number of rotatable bonds is 7. The lowest BCUT2D eigenvalue weighted by molar-refractivity contribution is 0.0697. The largest absolute Gasteiger partial charge is 0.488 e. The molecule has 23 heavy (non-hydrogen) atoms. The highest BCUT2D eigenvalue weighted by molar-refractivity contribution is 9.11. The van der Waals surface area contributed by atoms with Crippen molar-refractivity contribution < 1.29 is 14.6 Å². The topological polar surface area (TPSA) is 58.6 Å². The lowest BCUT2D eigenvalue weighted by atomic mass is 10.1. The average Bonchev–Trinajstić information content (AvgIpc) is 2.52. The van der Waals surface area contributed by atoms with E-state index < -0.39 is 5.97 Å². The lowest BCUT2D eigenvalue weighted by Gasteiger charge is -2.14. The summed E-state index contributed by atoms with van der Waals surface area (Å²) < 4.78 is 7.46. The third kappa shape index (κ3) is 4.84. The van der Waals surface area contributed by atoms with E-state index >= 15 is 0 Å². The highest BCUT2D eigenvalue weighted by Crippen LogP contribution is 2.33. The molecule has 0 radical (unpaired) electrons. The molecule has 0 fully saturated rings. The van der Waals surface area contributed by atoms with Gasteiger partial charge < -0.3 is 15.2 Å². The quantitative estimate of drug-likeness (QED) is 0.589. The van der Waals surface area contributed by atoms with E-state index in [1.54, 1.807) is 24.3 Å². The number of hydrogen-bond acceptors (Lipinski definition) is 3. The van der Waals surface area contributed by atoms with E-state index in [4.69, 9.17) is 9.84 Å². The fourth-order valence-electron chi connectivity index (χ4n) is 2.01. The maximum absolute atomic E-state index is 11.0. The van der Waals surface area contributed by atoms with Crippen molar-refractivity contribution in [2.75, 3.05) is 11.9 Å². The van der Waals surface area contributed by atoms with Crippen LogP contribution in [0.3, 0.4) is 0 Å². The Bertz CT molecular complexity index is 732. The van der Waals surface area contributed by atoms with Crippen LogP contribution in [0.2, 0.25) is 0 Å². The van der Waals surface area contributed by atoms with E-state index in [9.17, 15) is 4.79 Å². The molecule has 0 saturated carbocycles. The van der Waals surface area contributed by atoms with Gasteiger partial charge in [-0.15, -0.1) is 0 Å². The van der Waals surface area contributed by atoms with Crippen molar-refractivity contribution in [1.29, 1.82) is 0 Å². The molecule has 0 aromatic heterocycles. The Balaban J connectivity index is 2.20. The highest BCUT2D eigenvalue weighted by Gasteiger charge is 2.10. The molecule has 4 nitrogen and oxygen atoms in total. The fraction of sp³-hybridized carbons (Fsp3) is 0.118. The molecule has 120 valence electrons. The molecular formula is C17H15Br2NO3. The van der Waals surface area contributed by atoms with Crippen LogP contribution in [0.4, 0.5) is 5.69 Å². The average molecular weight is 441 g/mol. The third-order valence-corrected chi connectivity index (χ3v) is 4.07. The molecule has 0 bridgehead atoms. The van der Waals surface area contributed by atoms with Gasteiger partial charge in [-0.25, -0.2) is 4.79 Å². The summed E-state index contributed by atoms with van der Waals surface area (Å²) in [6.07, 6.45) is 1.68. The van der Waals surface area contributed by atoms with Crippen LogP contribution in [-0.4, -0.2) is 17.7 Å². The molecule has 0 unspecified atom stereocenters. The number of aromatic carboxylic acids is 1. The van der Waals surface area contributed by atoms with Gasteiger partial charge in [0.15, 0.2) is 0 Å². The van der Waals surface area contributed by atoms with Crippen molar-refractivity contribution in [2.45, 2.75) is 6.54 Å². The predicted molar refractivity (Wildman–Crippen MR) is 98.3 cm³/mol. The number of halogens is 2. The van der Waals surface area contributed by atoms with Gasteiger partial charge in [-0.1, -0.05) is 34.7 Å². The maximum Gasteiger partial charge on any atom is 0.335 e. The molecule has 2 aromatic rings. The lowest BCUT2D eigenvalue weighted by Crippen LogP contribution is -2.05. The van der Waals surface area contributed by atoms with Crippen LogP contribution in [0.15, 0.2) is 58.0 Å². The molecule has 0 saturated heterocycles. The van der Waals surface area contributed by atoms with Crippen molar-refractivity contribution in [3.05, 3.63) is 69.1 Å². The summed E-state index contributed by atoms with van der Waals surface area (Å²) in [5.74, 6) is -0.219. The first-order valence-electron chi connectivity index (χ1n) is 6.80. The van der Waals surface area contributed by atoms with Gasteiger partial charge in [0, 0.05) is 22.3 Å². The monoisotopic (exact) mass is 439 g/mol. The van der Waals surface area contributed by atoms with Crippen LogP contribution in [0.25, 0.3) is 0 Å². The second-order valence-electron chi connectivity index (χ2n) is 4.72. The number of carbonyl (C=O) groups is 1. The molecule has 0 heterocycles. The number of benzene rings is 2. The summed E-state index contributed by atoms with van der Waals surface area (Å²) in [5.41, 5.74) is 1.91. The van der Waals surface area contributed by atoms with Crippen molar-refractivity contribution in [1.82, 2.24) is 0 Å². The van der Waals surface area contributed by atoms with E-state index in [2.05, 4.69) is 43.8 Å². The van der Waals surface area contributed by atoms with E-state index in [-0.39, 0.29) is 5.56 Å². The molecule has 0 aliphatic carbocycles. The SMILES string of the molecule is C=CCOc1c(Br)cc(Br)cc1CNc1cccc(C(=O)O)c1. The Morgan fingerprint density at radius 1 is 1.30 bits per heavy atom. The third-order valence-electron chi connectivity index (χ3n) is 3.02. The number of hydrogen-bond donors (Lipinski definition) is 2. The van der Waals surface area contributed by atoms with E-state index in [0.717, 1.165) is 25.9 Å². The Hall–Kier alpha value is -1.79. The number of carboxylic acid groups (broad SMARTS) is 1. The number of carboxylic acids is 1. The molecule has 0 aliphatic rings. The zero-order valence-corrected chi connectivity index (χ0v) is 15.4. The second kappa shape index (κ2) is 8.17. The fourth-order valence-corrected chi connectivity index (χ4v) is 3.44. The first-order chi connectivity index (χ1) is 11.0. The Morgan fingerprint density at radius 2 is 2.09 bits per heavy atom. The summed E-state index contributed by atoms with van der Waals surface area (Å²) in [7, 11) is 0. The van der Waals surface area contributed by atoms with Crippen LogP contribution < -0.4 is 10.1 Å². The molecule has 2 rings (SSSR count). The van der Waals surface area contributed by atoms with Gasteiger partial charge in [0.1, 0.15) is 12.4 Å². The van der Waals surface area contributed by atoms with E-state index in [0.29, 0.717) is 13.2 Å². The Labute approximate surface area is 151 Å². The molecule has 0 spiro atoms. The maximum atomic E-state index is 11.0. The van der Waals surface area contributed by atoms with Gasteiger partial charge in [-0.05, 0) is 46.3 Å². The summed E-state index contributed by atoms with van der Waals surface area (Å²) in [6, 6.07) is 10.5. The molecule has 2 aromatic carbocycles. The first kappa shape index (κ1) is 17.6.